The molecule has 3 aromatic heterocycles. The van der Waals surface area contributed by atoms with E-state index in [1.807, 2.05) is 54.8 Å². The SMILES string of the molecule is COc1ccccc1CNC(=O)CSc1ccc(-c2sc(-c3cccs3)nc2C)nn1. The molecule has 0 unspecified atom stereocenters. The highest BCUT2D eigenvalue weighted by Crippen LogP contribution is 2.36. The van der Waals surface area contributed by atoms with E-state index >= 15 is 0 Å². The van der Waals surface area contributed by atoms with Crippen molar-refractivity contribution in [3.05, 3.63) is 65.2 Å². The number of nitrogens with zero attached hydrogens (tertiary/aromatic N) is 3. The summed E-state index contributed by atoms with van der Waals surface area (Å²) >= 11 is 4.65. The highest BCUT2D eigenvalue weighted by Gasteiger charge is 2.14. The van der Waals surface area contributed by atoms with Crippen molar-refractivity contribution in [3.8, 4) is 26.2 Å². The lowest BCUT2D eigenvalue weighted by Crippen LogP contribution is -2.24. The lowest BCUT2D eigenvalue weighted by molar-refractivity contribution is -0.118. The number of rotatable bonds is 8. The molecule has 0 aliphatic heterocycles. The van der Waals surface area contributed by atoms with Gasteiger partial charge in [0.25, 0.3) is 0 Å². The lowest BCUT2D eigenvalue weighted by atomic mass is 10.2. The summed E-state index contributed by atoms with van der Waals surface area (Å²) in [5.74, 6) is 0.962. The molecule has 0 saturated heterocycles. The quantitative estimate of drug-likeness (QED) is 0.365. The van der Waals surface area contributed by atoms with Gasteiger partial charge in [-0.3, -0.25) is 4.79 Å². The molecule has 1 N–H and O–H groups in total. The van der Waals surface area contributed by atoms with Gasteiger partial charge in [-0.2, -0.15) is 0 Å². The summed E-state index contributed by atoms with van der Waals surface area (Å²) < 4.78 is 5.31. The Morgan fingerprint density at radius 3 is 2.74 bits per heavy atom. The van der Waals surface area contributed by atoms with Crippen LogP contribution in [0.15, 0.2) is 58.9 Å². The number of ether oxygens (including phenoxy) is 1. The molecule has 4 aromatic rings. The van der Waals surface area contributed by atoms with Crippen LogP contribution in [-0.2, 0) is 11.3 Å². The number of thiophene rings is 1. The molecule has 0 spiro atoms. The third-order valence-corrected chi connectivity index (χ3v) is 7.56. The average molecular weight is 469 g/mol. The molecule has 3 heterocycles. The van der Waals surface area contributed by atoms with Crippen LogP contribution in [0.5, 0.6) is 5.75 Å². The van der Waals surface area contributed by atoms with Crippen molar-refractivity contribution in [2.24, 2.45) is 0 Å². The molecule has 0 bridgehead atoms. The van der Waals surface area contributed by atoms with Crippen molar-refractivity contribution in [1.82, 2.24) is 20.5 Å². The van der Waals surface area contributed by atoms with Gasteiger partial charge in [0.1, 0.15) is 21.5 Å². The number of hydrogen-bond acceptors (Lipinski definition) is 8. The summed E-state index contributed by atoms with van der Waals surface area (Å²) in [6.45, 7) is 2.41. The largest absolute Gasteiger partial charge is 0.496 e. The van der Waals surface area contributed by atoms with Gasteiger partial charge in [0.15, 0.2) is 0 Å². The summed E-state index contributed by atoms with van der Waals surface area (Å²) in [4.78, 5) is 19.0. The number of thiazole rings is 1. The molecule has 9 heteroatoms. The second-order valence-corrected chi connectivity index (χ2v) is 9.49. The van der Waals surface area contributed by atoms with Crippen molar-refractivity contribution < 1.29 is 9.53 Å². The van der Waals surface area contributed by atoms with Gasteiger partial charge in [-0.05, 0) is 36.6 Å². The van der Waals surface area contributed by atoms with E-state index in [1.54, 1.807) is 29.8 Å². The Labute approximate surface area is 192 Å². The molecule has 31 heavy (non-hydrogen) atoms. The van der Waals surface area contributed by atoms with Crippen LogP contribution in [-0.4, -0.2) is 34.0 Å². The summed E-state index contributed by atoms with van der Waals surface area (Å²) in [6, 6.07) is 15.5. The van der Waals surface area contributed by atoms with Crippen LogP contribution in [0.3, 0.4) is 0 Å². The van der Waals surface area contributed by atoms with E-state index in [-0.39, 0.29) is 11.7 Å². The predicted molar refractivity (Wildman–Crippen MR) is 127 cm³/mol. The fraction of sp³-hybridized carbons (Fsp3) is 0.182. The Balaban J connectivity index is 1.33. The predicted octanol–water partition coefficient (Wildman–Crippen LogP) is 5.05. The van der Waals surface area contributed by atoms with Gasteiger partial charge in [-0.15, -0.1) is 32.9 Å². The van der Waals surface area contributed by atoms with Crippen LogP contribution >= 0.6 is 34.4 Å². The van der Waals surface area contributed by atoms with Crippen molar-refractivity contribution >= 4 is 40.3 Å². The van der Waals surface area contributed by atoms with Gasteiger partial charge >= 0.3 is 0 Å². The van der Waals surface area contributed by atoms with E-state index in [4.69, 9.17) is 4.74 Å². The number of methoxy groups -OCH3 is 1. The topological polar surface area (TPSA) is 77.0 Å². The third-order valence-electron chi connectivity index (χ3n) is 4.42. The van der Waals surface area contributed by atoms with Crippen LogP contribution in [0.25, 0.3) is 20.5 Å². The second-order valence-electron chi connectivity index (χ2n) is 6.54. The number of aryl methyl sites for hydroxylation is 1. The fourth-order valence-corrected chi connectivity index (χ4v) is 5.36. The zero-order valence-corrected chi connectivity index (χ0v) is 19.4. The smallest absolute Gasteiger partial charge is 0.230 e. The number of para-hydroxylation sites is 1. The van der Waals surface area contributed by atoms with Crippen molar-refractivity contribution in [1.29, 1.82) is 0 Å². The van der Waals surface area contributed by atoms with Crippen LogP contribution in [0.4, 0.5) is 0 Å². The first-order chi connectivity index (χ1) is 15.1. The highest BCUT2D eigenvalue weighted by atomic mass is 32.2. The number of carbonyl (C=O) groups excluding carboxylic acids is 1. The standard InChI is InChI=1S/C22H20N4O2S3/c1-14-21(31-22(24-14)18-8-5-11-29-18)16-9-10-20(26-25-16)30-13-19(27)23-12-15-6-3-4-7-17(15)28-2/h3-11H,12-13H2,1-2H3,(H,23,27). The zero-order valence-electron chi connectivity index (χ0n) is 17.0. The molecule has 6 nitrogen and oxygen atoms in total. The molecule has 0 aliphatic rings. The number of carbonyl (C=O) groups is 1. The van der Waals surface area contributed by atoms with E-state index in [1.165, 1.54) is 11.8 Å². The minimum Gasteiger partial charge on any atom is -0.496 e. The van der Waals surface area contributed by atoms with Gasteiger partial charge < -0.3 is 10.1 Å². The molecule has 0 aliphatic carbocycles. The van der Waals surface area contributed by atoms with Crippen LogP contribution in [0.2, 0.25) is 0 Å². The van der Waals surface area contributed by atoms with E-state index in [0.717, 1.165) is 37.5 Å². The molecule has 0 radical (unpaired) electrons. The van der Waals surface area contributed by atoms with Gasteiger partial charge in [-0.25, -0.2) is 4.98 Å². The van der Waals surface area contributed by atoms with E-state index in [9.17, 15) is 4.79 Å². The molecule has 0 fully saturated rings. The molecular formula is C22H20N4O2S3. The maximum Gasteiger partial charge on any atom is 0.230 e. The monoisotopic (exact) mass is 468 g/mol. The number of hydrogen-bond donors (Lipinski definition) is 1. The third kappa shape index (κ3) is 5.30. The van der Waals surface area contributed by atoms with Crippen LogP contribution in [0, 0.1) is 6.92 Å². The van der Waals surface area contributed by atoms with Crippen molar-refractivity contribution in [2.75, 3.05) is 12.9 Å². The second kappa shape index (κ2) is 10.0. The molecule has 1 aromatic carbocycles. The number of amides is 1. The van der Waals surface area contributed by atoms with Gasteiger partial charge in [-0.1, -0.05) is 36.0 Å². The van der Waals surface area contributed by atoms with Gasteiger partial charge in [0, 0.05) is 12.1 Å². The lowest BCUT2D eigenvalue weighted by Gasteiger charge is -2.09. The fourth-order valence-electron chi connectivity index (χ4n) is 2.89. The van der Waals surface area contributed by atoms with E-state index in [0.29, 0.717) is 11.6 Å². The summed E-state index contributed by atoms with van der Waals surface area (Å²) in [7, 11) is 1.62. The molecule has 158 valence electrons. The minimum absolute atomic E-state index is 0.0688. The Morgan fingerprint density at radius 2 is 2.00 bits per heavy atom. The number of benzene rings is 1. The van der Waals surface area contributed by atoms with Crippen molar-refractivity contribution in [3.63, 3.8) is 0 Å². The van der Waals surface area contributed by atoms with Gasteiger partial charge in [0.2, 0.25) is 5.91 Å². The Morgan fingerprint density at radius 1 is 1.13 bits per heavy atom. The van der Waals surface area contributed by atoms with Gasteiger partial charge in [0.05, 0.1) is 28.3 Å². The Hall–Kier alpha value is -2.75. The first-order valence-electron chi connectivity index (χ1n) is 9.51. The number of thioether (sulfide) groups is 1. The Kier molecular flexibility index (Phi) is 6.96. The molecular weight excluding hydrogens is 448 g/mol. The molecule has 4 rings (SSSR count). The van der Waals surface area contributed by atoms with Crippen LogP contribution in [0.1, 0.15) is 11.3 Å². The Bertz CT molecular complexity index is 1160. The number of nitrogens with one attached hydrogen (secondary N) is 1. The maximum absolute atomic E-state index is 12.2. The highest BCUT2D eigenvalue weighted by molar-refractivity contribution is 7.99. The molecule has 0 atom stereocenters. The van der Waals surface area contributed by atoms with E-state index in [2.05, 4.69) is 26.6 Å². The first-order valence-corrected chi connectivity index (χ1v) is 12.2. The molecule has 0 saturated carbocycles. The molecule has 1 amide bonds. The zero-order chi connectivity index (χ0) is 21.6. The average Bonchev–Trinajstić information content (AvgIpc) is 3.47. The van der Waals surface area contributed by atoms with Crippen molar-refractivity contribution in [2.45, 2.75) is 18.5 Å². The summed E-state index contributed by atoms with van der Waals surface area (Å²) in [6.07, 6.45) is 0. The normalized spacial score (nSPS) is 10.8. The van der Waals surface area contributed by atoms with Crippen LogP contribution < -0.4 is 10.1 Å². The first kappa shape index (κ1) is 21.5. The minimum atomic E-state index is -0.0688. The maximum atomic E-state index is 12.2. The summed E-state index contributed by atoms with van der Waals surface area (Å²) in [5, 5.41) is 15.3. The summed E-state index contributed by atoms with van der Waals surface area (Å²) in [5.41, 5.74) is 2.68. The van der Waals surface area contributed by atoms with E-state index < -0.39 is 0 Å². The number of aromatic nitrogens is 3.